The van der Waals surface area contributed by atoms with Crippen LogP contribution in [0.15, 0.2) is 36.1 Å². The van der Waals surface area contributed by atoms with Gasteiger partial charge in [0.1, 0.15) is 23.5 Å². The Labute approximate surface area is 291 Å². The van der Waals surface area contributed by atoms with Crippen molar-refractivity contribution < 1.29 is 37.6 Å². The molecule has 8 nitrogen and oxygen atoms in total. The molecule has 1 saturated carbocycles. The van der Waals surface area contributed by atoms with Gasteiger partial charge in [0.15, 0.2) is 20.9 Å². The summed E-state index contributed by atoms with van der Waals surface area (Å²) >= 11 is 0. The summed E-state index contributed by atoms with van der Waals surface area (Å²) in [6.45, 7) is 16.1. The van der Waals surface area contributed by atoms with E-state index >= 15 is 0 Å². The monoisotopic (exact) mass is 688 g/mol. The molecule has 3 fully saturated rings. The Hall–Kier alpha value is -1.91. The van der Waals surface area contributed by atoms with Crippen molar-refractivity contribution in [1.82, 2.24) is 0 Å². The van der Waals surface area contributed by atoms with Crippen LogP contribution in [0.5, 0.6) is 11.5 Å². The fourth-order valence-corrected chi connectivity index (χ4v) is 8.06. The first-order valence-corrected chi connectivity index (χ1v) is 21.7. The van der Waals surface area contributed by atoms with Crippen molar-refractivity contribution >= 4 is 14.6 Å². The fourth-order valence-electron chi connectivity index (χ4n) is 6.67. The van der Waals surface area contributed by atoms with Gasteiger partial charge in [0.2, 0.25) is 0 Å². The fraction of sp³-hybridized carbons (Fsp3) is 0.769. The Kier molecular flexibility index (Phi) is 15.8. The molecule has 9 heteroatoms. The minimum Gasteiger partial charge on any atom is -0.493 e. The maximum absolute atomic E-state index is 12.3. The SMILES string of the molecule is CCCCCCOc1cccc(OCC/C=C(/OC2CCCCO2)[C@H]2[C@@H](OC3CCCCO3)CC(O[Si](C)(C)C(C)(C)C)[C@H]2CC=O)c1. The van der Waals surface area contributed by atoms with Gasteiger partial charge in [-0.1, -0.05) is 53.0 Å². The molecule has 0 N–H and O–H groups in total. The van der Waals surface area contributed by atoms with E-state index in [9.17, 15) is 4.79 Å². The number of hydrogen-bond acceptors (Lipinski definition) is 8. The molecular formula is C39H64O8Si. The van der Waals surface area contributed by atoms with Gasteiger partial charge in [-0.2, -0.15) is 0 Å². The van der Waals surface area contributed by atoms with Gasteiger partial charge >= 0.3 is 0 Å². The lowest BCUT2D eigenvalue weighted by atomic mass is 9.88. The second-order valence-corrected chi connectivity index (χ2v) is 20.0. The van der Waals surface area contributed by atoms with Crippen molar-refractivity contribution in [3.05, 3.63) is 36.1 Å². The molecule has 4 rings (SSSR count). The first-order chi connectivity index (χ1) is 23.1. The zero-order chi connectivity index (χ0) is 34.4. The number of aldehydes is 1. The highest BCUT2D eigenvalue weighted by Crippen LogP contribution is 2.48. The van der Waals surface area contributed by atoms with E-state index in [1.165, 1.54) is 19.3 Å². The average Bonchev–Trinajstić information content (AvgIpc) is 3.38. The summed E-state index contributed by atoms with van der Waals surface area (Å²) in [5, 5.41) is 0.0412. The number of ether oxygens (including phenoxy) is 6. The molecule has 3 aliphatic rings. The Balaban J connectivity index is 1.53. The lowest BCUT2D eigenvalue weighted by molar-refractivity contribution is -0.201. The normalized spacial score (nSPS) is 27.1. The van der Waals surface area contributed by atoms with Gasteiger partial charge < -0.3 is 37.6 Å². The van der Waals surface area contributed by atoms with Gasteiger partial charge in [-0.05, 0) is 81.3 Å². The quantitative estimate of drug-likeness (QED) is 0.0616. The second kappa shape index (κ2) is 19.5. The maximum Gasteiger partial charge on any atom is 0.199 e. The molecule has 2 aliphatic heterocycles. The number of benzene rings is 1. The Morgan fingerprint density at radius 2 is 1.60 bits per heavy atom. The van der Waals surface area contributed by atoms with E-state index in [2.05, 4.69) is 46.9 Å². The summed E-state index contributed by atoms with van der Waals surface area (Å²) in [5.41, 5.74) is 0. The van der Waals surface area contributed by atoms with E-state index in [1.807, 2.05) is 24.3 Å². The van der Waals surface area contributed by atoms with Crippen LogP contribution in [0.25, 0.3) is 0 Å². The van der Waals surface area contributed by atoms with E-state index in [4.69, 9.17) is 32.8 Å². The number of carbonyl (C=O) groups excluding carboxylic acids is 1. The summed E-state index contributed by atoms with van der Waals surface area (Å²) < 4.78 is 44.9. The summed E-state index contributed by atoms with van der Waals surface area (Å²) in [5.74, 6) is 2.20. The molecule has 1 aromatic rings. The maximum atomic E-state index is 12.3. The Morgan fingerprint density at radius 3 is 2.23 bits per heavy atom. The van der Waals surface area contributed by atoms with Crippen LogP contribution in [0.3, 0.4) is 0 Å². The second-order valence-electron chi connectivity index (χ2n) is 15.3. The van der Waals surface area contributed by atoms with Crippen LogP contribution < -0.4 is 9.47 Å². The summed E-state index contributed by atoms with van der Waals surface area (Å²) in [6.07, 6.45) is 14.6. The minimum atomic E-state index is -2.14. The van der Waals surface area contributed by atoms with Crippen molar-refractivity contribution in [1.29, 1.82) is 0 Å². The number of rotatable bonds is 19. The van der Waals surface area contributed by atoms with E-state index in [0.717, 1.165) is 75.1 Å². The van der Waals surface area contributed by atoms with Gasteiger partial charge in [-0.15, -0.1) is 0 Å². The van der Waals surface area contributed by atoms with Crippen molar-refractivity contribution in [2.24, 2.45) is 11.8 Å². The summed E-state index contributed by atoms with van der Waals surface area (Å²) in [6, 6.07) is 7.88. The van der Waals surface area contributed by atoms with E-state index in [-0.39, 0.29) is 41.7 Å². The van der Waals surface area contributed by atoms with Crippen molar-refractivity contribution in [2.45, 2.75) is 154 Å². The van der Waals surface area contributed by atoms with Gasteiger partial charge in [0, 0.05) is 43.8 Å². The molecule has 1 aliphatic carbocycles. The summed E-state index contributed by atoms with van der Waals surface area (Å²) in [7, 11) is -2.14. The molecule has 0 amide bonds. The third-order valence-corrected chi connectivity index (χ3v) is 14.9. The number of hydrogen-bond donors (Lipinski definition) is 0. The molecule has 6 atom stereocenters. The minimum absolute atomic E-state index is 0.0412. The van der Waals surface area contributed by atoms with Crippen LogP contribution in [0.2, 0.25) is 18.1 Å². The zero-order valence-electron chi connectivity index (χ0n) is 30.7. The first-order valence-electron chi connectivity index (χ1n) is 18.8. The van der Waals surface area contributed by atoms with Crippen LogP contribution in [-0.4, -0.2) is 65.8 Å². The molecule has 2 heterocycles. The average molecular weight is 689 g/mol. The highest BCUT2D eigenvalue weighted by atomic mass is 28.4. The van der Waals surface area contributed by atoms with Gasteiger partial charge in [0.25, 0.3) is 0 Å². The topological polar surface area (TPSA) is 81.7 Å². The standard InChI is InChI=1S/C39H64O8Si/c1-7-8-9-12-24-41-30-17-15-18-31(28-30)42-27-16-19-33(45-36-20-10-13-25-43-36)38-32(22-23-40)34(47-48(5,6)39(2,3)4)29-35(38)46-37-21-11-14-26-44-37/h15,17-19,23,28,32,34-38H,7-14,16,20-22,24-27,29H2,1-6H3/b33-19+/t32-,34?,35+,36?,37?,38+/m1/s1. The summed E-state index contributed by atoms with van der Waals surface area (Å²) in [4.78, 5) is 12.3. The molecule has 0 bridgehead atoms. The smallest absolute Gasteiger partial charge is 0.199 e. The number of carbonyl (C=O) groups is 1. The molecule has 0 radical (unpaired) electrons. The van der Waals surface area contributed by atoms with Crippen LogP contribution in [-0.2, 0) is 28.2 Å². The zero-order valence-corrected chi connectivity index (χ0v) is 31.7. The molecule has 0 spiro atoms. The predicted octanol–water partition coefficient (Wildman–Crippen LogP) is 9.37. The van der Waals surface area contributed by atoms with Gasteiger partial charge in [-0.3, -0.25) is 0 Å². The molecule has 2 saturated heterocycles. The highest BCUT2D eigenvalue weighted by molar-refractivity contribution is 6.74. The lowest BCUT2D eigenvalue weighted by Crippen LogP contribution is -2.45. The molecule has 1 aromatic carbocycles. The van der Waals surface area contributed by atoms with Crippen LogP contribution in [0.1, 0.15) is 111 Å². The van der Waals surface area contributed by atoms with E-state index in [0.29, 0.717) is 39.1 Å². The number of unbranched alkanes of at least 4 members (excludes halogenated alkanes) is 3. The molecule has 48 heavy (non-hydrogen) atoms. The van der Waals surface area contributed by atoms with Gasteiger partial charge in [-0.25, -0.2) is 0 Å². The third-order valence-electron chi connectivity index (χ3n) is 10.4. The molecule has 3 unspecified atom stereocenters. The van der Waals surface area contributed by atoms with Crippen molar-refractivity contribution in [3.8, 4) is 11.5 Å². The Morgan fingerprint density at radius 1 is 0.917 bits per heavy atom. The van der Waals surface area contributed by atoms with E-state index in [1.54, 1.807) is 0 Å². The predicted molar refractivity (Wildman–Crippen MR) is 192 cm³/mol. The Bertz CT molecular complexity index is 1110. The van der Waals surface area contributed by atoms with Crippen molar-refractivity contribution in [3.63, 3.8) is 0 Å². The van der Waals surface area contributed by atoms with Crippen LogP contribution in [0, 0.1) is 11.8 Å². The largest absolute Gasteiger partial charge is 0.493 e. The third kappa shape index (κ3) is 11.9. The van der Waals surface area contributed by atoms with Crippen molar-refractivity contribution in [2.75, 3.05) is 26.4 Å². The lowest BCUT2D eigenvalue weighted by Gasteiger charge is -2.40. The first kappa shape index (κ1) is 38.9. The van der Waals surface area contributed by atoms with E-state index < -0.39 is 8.32 Å². The van der Waals surface area contributed by atoms with Crippen LogP contribution in [0.4, 0.5) is 0 Å². The van der Waals surface area contributed by atoms with Gasteiger partial charge in [0.05, 0.1) is 32.0 Å². The van der Waals surface area contributed by atoms with Crippen LogP contribution >= 0.6 is 0 Å². The highest BCUT2D eigenvalue weighted by Gasteiger charge is 2.51. The molecule has 0 aromatic heterocycles. The molecule has 272 valence electrons. The molecular weight excluding hydrogens is 625 g/mol.